The van der Waals surface area contributed by atoms with Gasteiger partial charge in [0.05, 0.1) is 0 Å². The van der Waals surface area contributed by atoms with Gasteiger partial charge in [0.1, 0.15) is 0 Å². The highest BCUT2D eigenvalue weighted by atomic mass is 19.4. The summed E-state index contributed by atoms with van der Waals surface area (Å²) in [4.78, 5) is 12.8. The SMILES string of the molecule is CC1(C)CC2CC(C)(CN2/C=C/C(=O)C(F)(F)F)C1. The lowest BCUT2D eigenvalue weighted by atomic mass is 9.65. The highest BCUT2D eigenvalue weighted by Gasteiger charge is 2.48. The lowest BCUT2D eigenvalue weighted by Crippen LogP contribution is -2.33. The molecule has 0 aromatic carbocycles. The van der Waals surface area contributed by atoms with Crippen molar-refractivity contribution in [3.63, 3.8) is 0 Å². The number of hydrogen-bond acceptors (Lipinski definition) is 2. The number of halogens is 3. The van der Waals surface area contributed by atoms with Crippen LogP contribution < -0.4 is 0 Å². The molecule has 0 radical (unpaired) electrons. The van der Waals surface area contributed by atoms with E-state index in [1.807, 2.05) is 4.90 Å². The first kappa shape index (κ1) is 14.4. The third-order valence-corrected chi connectivity index (χ3v) is 4.15. The van der Waals surface area contributed by atoms with E-state index >= 15 is 0 Å². The molecule has 1 heterocycles. The summed E-state index contributed by atoms with van der Waals surface area (Å²) in [7, 11) is 0. The lowest BCUT2D eigenvalue weighted by Gasteiger charge is -2.39. The van der Waals surface area contributed by atoms with Crippen molar-refractivity contribution in [2.24, 2.45) is 10.8 Å². The molecule has 1 saturated heterocycles. The van der Waals surface area contributed by atoms with Crippen LogP contribution in [0.2, 0.25) is 0 Å². The fourth-order valence-corrected chi connectivity index (χ4v) is 3.94. The minimum Gasteiger partial charge on any atom is -0.374 e. The zero-order valence-electron chi connectivity index (χ0n) is 11.5. The smallest absolute Gasteiger partial charge is 0.374 e. The Balaban J connectivity index is 2.08. The van der Waals surface area contributed by atoms with Crippen molar-refractivity contribution < 1.29 is 18.0 Å². The van der Waals surface area contributed by atoms with Gasteiger partial charge in [0.2, 0.25) is 0 Å². The molecule has 108 valence electrons. The summed E-state index contributed by atoms with van der Waals surface area (Å²) in [6, 6.07) is 0.256. The van der Waals surface area contributed by atoms with Gasteiger partial charge in [-0.15, -0.1) is 0 Å². The summed E-state index contributed by atoms with van der Waals surface area (Å²) in [6.45, 7) is 7.32. The molecule has 0 aromatic rings. The normalized spacial score (nSPS) is 34.0. The minimum atomic E-state index is -4.77. The van der Waals surface area contributed by atoms with Crippen LogP contribution in [0.4, 0.5) is 13.2 Å². The van der Waals surface area contributed by atoms with Crippen molar-refractivity contribution in [2.75, 3.05) is 6.54 Å². The molecule has 2 bridgehead atoms. The molecule has 1 aliphatic heterocycles. The van der Waals surface area contributed by atoms with E-state index in [0.29, 0.717) is 6.08 Å². The van der Waals surface area contributed by atoms with Crippen LogP contribution in [0.15, 0.2) is 12.3 Å². The van der Waals surface area contributed by atoms with Crippen molar-refractivity contribution in [2.45, 2.75) is 52.3 Å². The molecule has 2 fully saturated rings. The van der Waals surface area contributed by atoms with E-state index in [0.717, 1.165) is 25.8 Å². The molecule has 2 rings (SSSR count). The first-order valence-corrected chi connectivity index (χ1v) is 6.56. The van der Waals surface area contributed by atoms with E-state index in [4.69, 9.17) is 0 Å². The Bertz CT molecular complexity index is 413. The molecule has 2 nitrogen and oxygen atoms in total. The maximum Gasteiger partial charge on any atom is 0.454 e. The molecule has 1 saturated carbocycles. The molecule has 0 aromatic heterocycles. The van der Waals surface area contributed by atoms with Crippen LogP contribution in [0.1, 0.15) is 40.0 Å². The van der Waals surface area contributed by atoms with Crippen LogP contribution in [0, 0.1) is 10.8 Å². The molecule has 2 atom stereocenters. The average molecular weight is 275 g/mol. The van der Waals surface area contributed by atoms with Crippen molar-refractivity contribution in [1.29, 1.82) is 0 Å². The summed E-state index contributed by atoms with van der Waals surface area (Å²) in [5, 5.41) is 0. The maximum absolute atomic E-state index is 12.2. The van der Waals surface area contributed by atoms with Crippen molar-refractivity contribution >= 4 is 5.78 Å². The summed E-state index contributed by atoms with van der Waals surface area (Å²) in [5.74, 6) is -1.78. The summed E-state index contributed by atoms with van der Waals surface area (Å²) in [6.07, 6.45) is 0.279. The number of carbonyl (C=O) groups is 1. The van der Waals surface area contributed by atoms with Gasteiger partial charge in [0.15, 0.2) is 0 Å². The van der Waals surface area contributed by atoms with Gasteiger partial charge < -0.3 is 4.90 Å². The number of likely N-dealkylation sites (tertiary alicyclic amines) is 1. The Labute approximate surface area is 111 Å². The predicted octanol–water partition coefficient (Wildman–Crippen LogP) is 3.53. The minimum absolute atomic E-state index is 0.151. The van der Waals surface area contributed by atoms with E-state index in [-0.39, 0.29) is 16.9 Å². The summed E-state index contributed by atoms with van der Waals surface area (Å²) >= 11 is 0. The maximum atomic E-state index is 12.2. The second-order valence-corrected chi connectivity index (χ2v) is 7.06. The van der Waals surface area contributed by atoms with Gasteiger partial charge in [-0.25, -0.2) is 0 Å². The van der Waals surface area contributed by atoms with Gasteiger partial charge in [-0.1, -0.05) is 20.8 Å². The van der Waals surface area contributed by atoms with E-state index in [1.54, 1.807) is 0 Å². The monoisotopic (exact) mass is 275 g/mol. The summed E-state index contributed by atoms with van der Waals surface area (Å²) < 4.78 is 36.5. The Kier molecular flexibility index (Phi) is 3.22. The van der Waals surface area contributed by atoms with Crippen molar-refractivity contribution in [3.05, 3.63) is 12.3 Å². The largest absolute Gasteiger partial charge is 0.454 e. The first-order valence-electron chi connectivity index (χ1n) is 6.56. The fraction of sp³-hybridized carbons (Fsp3) is 0.786. The number of carbonyl (C=O) groups excluding carboxylic acids is 1. The Morgan fingerprint density at radius 1 is 1.26 bits per heavy atom. The van der Waals surface area contributed by atoms with Gasteiger partial charge in [-0.2, -0.15) is 13.2 Å². The van der Waals surface area contributed by atoms with Crippen LogP contribution in [-0.2, 0) is 4.79 Å². The molecule has 5 heteroatoms. The second-order valence-electron chi connectivity index (χ2n) is 7.06. The van der Waals surface area contributed by atoms with Crippen LogP contribution >= 0.6 is 0 Å². The number of allylic oxidation sites excluding steroid dienone is 1. The van der Waals surface area contributed by atoms with Crippen molar-refractivity contribution in [3.8, 4) is 0 Å². The number of rotatable bonds is 2. The van der Waals surface area contributed by atoms with E-state index < -0.39 is 12.0 Å². The topological polar surface area (TPSA) is 20.3 Å². The Hall–Kier alpha value is -1.00. The molecule has 1 aliphatic carbocycles. The number of nitrogens with zero attached hydrogens (tertiary/aromatic N) is 1. The zero-order chi connectivity index (χ0) is 14.5. The van der Waals surface area contributed by atoms with Gasteiger partial charge in [0, 0.05) is 24.9 Å². The predicted molar refractivity (Wildman–Crippen MR) is 66.4 cm³/mol. The third-order valence-electron chi connectivity index (χ3n) is 4.15. The molecule has 0 N–H and O–H groups in total. The molecule has 0 amide bonds. The Morgan fingerprint density at radius 2 is 1.89 bits per heavy atom. The standard InChI is InChI=1S/C14H20F3NO/c1-12(2)6-10-7-13(3,8-12)9-18(10)5-4-11(19)14(15,16)17/h4-5,10H,6-9H2,1-3H3/b5-4+. The molecule has 2 unspecified atom stereocenters. The molecule has 2 aliphatic rings. The lowest BCUT2D eigenvalue weighted by molar-refractivity contribution is -0.165. The van der Waals surface area contributed by atoms with Gasteiger partial charge in [0.25, 0.3) is 5.78 Å². The van der Waals surface area contributed by atoms with Crippen LogP contribution in [0.5, 0.6) is 0 Å². The highest BCUT2D eigenvalue weighted by Crippen LogP contribution is 2.52. The second kappa shape index (κ2) is 4.25. The van der Waals surface area contributed by atoms with Crippen LogP contribution in [0.25, 0.3) is 0 Å². The van der Waals surface area contributed by atoms with E-state index in [9.17, 15) is 18.0 Å². The zero-order valence-corrected chi connectivity index (χ0v) is 11.5. The average Bonchev–Trinajstić information content (AvgIpc) is 2.42. The first-order chi connectivity index (χ1) is 8.51. The number of ketones is 1. The molecule has 0 spiro atoms. The number of fused-ring (bicyclic) bond motifs is 2. The van der Waals surface area contributed by atoms with E-state index in [1.165, 1.54) is 6.20 Å². The van der Waals surface area contributed by atoms with Gasteiger partial charge >= 0.3 is 6.18 Å². The quantitative estimate of drug-likeness (QED) is 0.718. The van der Waals surface area contributed by atoms with E-state index in [2.05, 4.69) is 20.8 Å². The van der Waals surface area contributed by atoms with Gasteiger partial charge in [-0.3, -0.25) is 4.79 Å². The molecular formula is C14H20F3NO. The van der Waals surface area contributed by atoms with Gasteiger partial charge in [-0.05, 0) is 30.1 Å². The van der Waals surface area contributed by atoms with Crippen LogP contribution in [0.3, 0.4) is 0 Å². The van der Waals surface area contributed by atoms with Crippen molar-refractivity contribution in [1.82, 2.24) is 4.90 Å². The summed E-state index contributed by atoms with van der Waals surface area (Å²) in [5.41, 5.74) is 0.367. The number of alkyl halides is 3. The molecular weight excluding hydrogens is 255 g/mol. The fourth-order valence-electron chi connectivity index (χ4n) is 3.94. The number of hydrogen-bond donors (Lipinski definition) is 0. The van der Waals surface area contributed by atoms with Crippen LogP contribution in [-0.4, -0.2) is 29.4 Å². The third kappa shape index (κ3) is 3.12. The Morgan fingerprint density at radius 3 is 2.47 bits per heavy atom. The highest BCUT2D eigenvalue weighted by molar-refractivity contribution is 5.94. The molecule has 19 heavy (non-hydrogen) atoms.